The Morgan fingerprint density at radius 1 is 1.11 bits per heavy atom. The Kier molecular flexibility index (Phi) is 12.4. The number of benzene rings is 1. The molecule has 0 aliphatic carbocycles. The maximum absolute atomic E-state index is 11.9. The Hall–Kier alpha value is -2.34. The molecular weight excluding hydrogens is 358 g/mol. The number of allylic oxidation sites excluding steroid dienone is 1. The number of unbranched alkanes of at least 4 members (excludes halogenated alkanes) is 2. The lowest BCUT2D eigenvalue weighted by Crippen LogP contribution is -2.29. The second kappa shape index (κ2) is 14.7. The van der Waals surface area contributed by atoms with Crippen LogP contribution in [-0.2, 0) is 25.5 Å². The van der Waals surface area contributed by atoms with Crippen molar-refractivity contribution >= 4 is 11.9 Å². The molecule has 0 radical (unpaired) electrons. The largest absolute Gasteiger partial charge is 0.492 e. The van der Waals surface area contributed by atoms with Crippen LogP contribution in [0.2, 0.25) is 0 Å². The van der Waals surface area contributed by atoms with Crippen molar-refractivity contribution in [2.75, 3.05) is 26.4 Å². The van der Waals surface area contributed by atoms with Crippen LogP contribution in [0.15, 0.2) is 36.4 Å². The van der Waals surface area contributed by atoms with Crippen LogP contribution in [0.1, 0.15) is 45.6 Å². The minimum atomic E-state index is -0.600. The topological polar surface area (TPSA) is 73.9 Å². The lowest BCUT2D eigenvalue weighted by atomic mass is 10.1. The standard InChI is InChI=1S/C22H33NO5/c1-4-7-8-9-10-21(24)23-15-16-28-19-13-11-18(12-14-19)17-20(26-5-2)22(25)27-6-3/h9-14,20H,4-8,15-17H2,1-3H3,(H,23,24). The van der Waals surface area contributed by atoms with E-state index in [1.807, 2.05) is 37.3 Å². The van der Waals surface area contributed by atoms with Gasteiger partial charge in [0.15, 0.2) is 6.10 Å². The molecule has 0 aliphatic heterocycles. The molecule has 1 amide bonds. The SMILES string of the molecule is CCCCC=CC(=O)NCCOc1ccc(CC(OCC)C(=O)OCC)cc1. The van der Waals surface area contributed by atoms with Gasteiger partial charge in [-0.1, -0.05) is 38.0 Å². The number of carbonyl (C=O) groups is 2. The summed E-state index contributed by atoms with van der Waals surface area (Å²) in [5.74, 6) is 0.265. The van der Waals surface area contributed by atoms with E-state index in [-0.39, 0.29) is 11.9 Å². The quantitative estimate of drug-likeness (QED) is 0.299. The molecule has 1 atom stereocenters. The summed E-state index contributed by atoms with van der Waals surface area (Å²) in [7, 11) is 0. The van der Waals surface area contributed by atoms with Gasteiger partial charge in [-0.15, -0.1) is 0 Å². The normalized spacial score (nSPS) is 12.0. The first-order valence-electron chi connectivity index (χ1n) is 10.0. The second-order valence-corrected chi connectivity index (χ2v) is 6.23. The van der Waals surface area contributed by atoms with Gasteiger partial charge in [-0.2, -0.15) is 0 Å². The van der Waals surface area contributed by atoms with Gasteiger partial charge in [0.05, 0.1) is 13.2 Å². The fourth-order valence-corrected chi connectivity index (χ4v) is 2.50. The van der Waals surface area contributed by atoms with Crippen LogP contribution in [0.5, 0.6) is 5.75 Å². The predicted octanol–water partition coefficient (Wildman–Crippen LogP) is 3.44. The number of nitrogens with one attached hydrogen (secondary N) is 1. The highest BCUT2D eigenvalue weighted by atomic mass is 16.6. The molecule has 0 fully saturated rings. The molecule has 0 aliphatic rings. The summed E-state index contributed by atoms with van der Waals surface area (Å²) in [6.45, 7) is 7.35. The average Bonchev–Trinajstić information content (AvgIpc) is 2.69. The minimum absolute atomic E-state index is 0.101. The van der Waals surface area contributed by atoms with E-state index in [9.17, 15) is 9.59 Å². The first kappa shape index (κ1) is 23.7. The molecule has 1 rings (SSSR count). The molecule has 0 aromatic heterocycles. The van der Waals surface area contributed by atoms with Crippen molar-refractivity contribution in [1.29, 1.82) is 0 Å². The molecule has 6 nitrogen and oxygen atoms in total. The molecule has 6 heteroatoms. The molecule has 0 heterocycles. The fraction of sp³-hybridized carbons (Fsp3) is 0.545. The van der Waals surface area contributed by atoms with E-state index in [2.05, 4.69) is 12.2 Å². The van der Waals surface area contributed by atoms with Gasteiger partial charge in [0.2, 0.25) is 5.91 Å². The van der Waals surface area contributed by atoms with Crippen molar-refractivity contribution in [3.63, 3.8) is 0 Å². The van der Waals surface area contributed by atoms with Crippen LogP contribution in [0.3, 0.4) is 0 Å². The van der Waals surface area contributed by atoms with Crippen LogP contribution in [-0.4, -0.2) is 44.3 Å². The van der Waals surface area contributed by atoms with Crippen molar-refractivity contribution in [1.82, 2.24) is 5.32 Å². The zero-order valence-electron chi connectivity index (χ0n) is 17.2. The maximum Gasteiger partial charge on any atom is 0.335 e. The predicted molar refractivity (Wildman–Crippen MR) is 109 cm³/mol. The summed E-state index contributed by atoms with van der Waals surface area (Å²) < 4.78 is 16.2. The number of rotatable bonds is 14. The molecule has 0 spiro atoms. The van der Waals surface area contributed by atoms with E-state index in [0.717, 1.165) is 24.8 Å². The van der Waals surface area contributed by atoms with Crippen molar-refractivity contribution in [2.45, 2.75) is 52.6 Å². The smallest absolute Gasteiger partial charge is 0.335 e. The van der Waals surface area contributed by atoms with Crippen LogP contribution >= 0.6 is 0 Å². The third kappa shape index (κ3) is 10.1. The van der Waals surface area contributed by atoms with Gasteiger partial charge in [0.1, 0.15) is 12.4 Å². The average molecular weight is 392 g/mol. The monoisotopic (exact) mass is 391 g/mol. The van der Waals surface area contributed by atoms with Gasteiger partial charge >= 0.3 is 5.97 Å². The Bertz CT molecular complexity index is 597. The van der Waals surface area contributed by atoms with Crippen LogP contribution in [0.25, 0.3) is 0 Å². The summed E-state index contributed by atoms with van der Waals surface area (Å²) in [5, 5.41) is 2.79. The van der Waals surface area contributed by atoms with E-state index in [1.165, 1.54) is 0 Å². The lowest BCUT2D eigenvalue weighted by molar-refractivity contribution is -0.156. The molecule has 0 saturated heterocycles. The summed E-state index contributed by atoms with van der Waals surface area (Å²) >= 11 is 0. The number of esters is 1. The highest BCUT2D eigenvalue weighted by Gasteiger charge is 2.20. The highest BCUT2D eigenvalue weighted by Crippen LogP contribution is 2.15. The van der Waals surface area contributed by atoms with Gasteiger partial charge in [-0.3, -0.25) is 4.79 Å². The number of amides is 1. The minimum Gasteiger partial charge on any atom is -0.492 e. The maximum atomic E-state index is 11.9. The van der Waals surface area contributed by atoms with Crippen molar-refractivity contribution in [2.24, 2.45) is 0 Å². The third-order valence-electron chi connectivity index (χ3n) is 3.93. The van der Waals surface area contributed by atoms with Gasteiger partial charge in [0.25, 0.3) is 0 Å². The van der Waals surface area contributed by atoms with Gasteiger partial charge in [0, 0.05) is 13.0 Å². The fourth-order valence-electron chi connectivity index (χ4n) is 2.50. The molecule has 1 aromatic rings. The van der Waals surface area contributed by atoms with E-state index < -0.39 is 6.10 Å². The molecule has 1 aromatic carbocycles. The number of ether oxygens (including phenoxy) is 3. The summed E-state index contributed by atoms with van der Waals surface area (Å²) in [4.78, 5) is 23.5. The Balaban J connectivity index is 2.36. The highest BCUT2D eigenvalue weighted by molar-refractivity contribution is 5.87. The zero-order valence-corrected chi connectivity index (χ0v) is 17.2. The number of hydrogen-bond acceptors (Lipinski definition) is 5. The van der Waals surface area contributed by atoms with Crippen LogP contribution in [0.4, 0.5) is 0 Å². The lowest BCUT2D eigenvalue weighted by Gasteiger charge is -2.15. The van der Waals surface area contributed by atoms with E-state index in [0.29, 0.717) is 38.5 Å². The molecule has 156 valence electrons. The molecule has 0 saturated carbocycles. The van der Waals surface area contributed by atoms with E-state index in [1.54, 1.807) is 13.0 Å². The molecular formula is C22H33NO5. The van der Waals surface area contributed by atoms with Crippen molar-refractivity contribution in [3.05, 3.63) is 42.0 Å². The van der Waals surface area contributed by atoms with Crippen molar-refractivity contribution < 1.29 is 23.8 Å². The third-order valence-corrected chi connectivity index (χ3v) is 3.93. The van der Waals surface area contributed by atoms with Gasteiger partial charge in [-0.25, -0.2) is 4.79 Å². The number of carbonyl (C=O) groups excluding carboxylic acids is 2. The van der Waals surface area contributed by atoms with Crippen LogP contribution < -0.4 is 10.1 Å². The van der Waals surface area contributed by atoms with Crippen LogP contribution in [0, 0.1) is 0 Å². The van der Waals surface area contributed by atoms with E-state index in [4.69, 9.17) is 14.2 Å². The first-order chi connectivity index (χ1) is 13.6. The summed E-state index contributed by atoms with van der Waals surface area (Å²) in [5.41, 5.74) is 0.962. The molecule has 1 N–H and O–H groups in total. The first-order valence-corrected chi connectivity index (χ1v) is 10.0. The second-order valence-electron chi connectivity index (χ2n) is 6.23. The summed E-state index contributed by atoms with van der Waals surface area (Å²) in [6, 6.07) is 7.48. The van der Waals surface area contributed by atoms with E-state index >= 15 is 0 Å². The van der Waals surface area contributed by atoms with Gasteiger partial charge in [-0.05, 0) is 44.0 Å². The summed E-state index contributed by atoms with van der Waals surface area (Å²) in [6.07, 6.45) is 6.45. The Morgan fingerprint density at radius 3 is 2.50 bits per heavy atom. The molecule has 1 unspecified atom stereocenters. The van der Waals surface area contributed by atoms with Crippen molar-refractivity contribution in [3.8, 4) is 5.75 Å². The Morgan fingerprint density at radius 2 is 1.86 bits per heavy atom. The van der Waals surface area contributed by atoms with Gasteiger partial charge < -0.3 is 19.5 Å². The number of hydrogen-bond donors (Lipinski definition) is 1. The zero-order chi connectivity index (χ0) is 20.6. The molecule has 0 bridgehead atoms. The Labute approximate surface area is 168 Å². The molecule has 28 heavy (non-hydrogen) atoms.